The van der Waals surface area contributed by atoms with E-state index in [0.717, 1.165) is 21.5 Å². The lowest BCUT2D eigenvalue weighted by Crippen LogP contribution is -2.19. The summed E-state index contributed by atoms with van der Waals surface area (Å²) in [5.41, 5.74) is 1.56. The highest BCUT2D eigenvalue weighted by Crippen LogP contribution is 2.39. The summed E-state index contributed by atoms with van der Waals surface area (Å²) in [5, 5.41) is 3.33. The molecule has 30 heavy (non-hydrogen) atoms. The van der Waals surface area contributed by atoms with Crippen molar-refractivity contribution >= 4 is 50.5 Å². The van der Waals surface area contributed by atoms with Crippen LogP contribution in [0.2, 0.25) is 0 Å². The lowest BCUT2D eigenvalue weighted by atomic mass is 10.2. The first kappa shape index (κ1) is 22.2. The van der Waals surface area contributed by atoms with Crippen molar-refractivity contribution in [2.45, 2.75) is 26.9 Å². The molecule has 0 radical (unpaired) electrons. The van der Waals surface area contributed by atoms with E-state index in [0.29, 0.717) is 28.2 Å². The van der Waals surface area contributed by atoms with Gasteiger partial charge in [0.2, 0.25) is 0 Å². The molecule has 2 aromatic rings. The normalized spacial score (nSPS) is 16.3. The lowest BCUT2D eigenvalue weighted by molar-refractivity contribution is -0.115. The SMILES string of the molecule is CCOc1cc(/C=C2/SC(=Nc3ccc(OC)cc3)NC2=O)cc(Br)c1OC(C)C. The standard InChI is InChI=1S/C22H23BrN2O4S/c1-5-28-18-11-14(10-17(23)20(18)29-13(2)3)12-19-21(26)25-22(30-19)24-15-6-8-16(27-4)9-7-15/h6-13H,5H2,1-4H3,(H,24,25,26)/b19-12+. The lowest BCUT2D eigenvalue weighted by Gasteiger charge is -2.17. The molecule has 0 atom stereocenters. The maximum absolute atomic E-state index is 12.4. The minimum absolute atomic E-state index is 0.0117. The van der Waals surface area contributed by atoms with Gasteiger partial charge in [0.1, 0.15) is 5.75 Å². The summed E-state index contributed by atoms with van der Waals surface area (Å²) in [7, 11) is 1.61. The number of carbonyl (C=O) groups is 1. The molecule has 1 N–H and O–H groups in total. The molecule has 6 nitrogen and oxygen atoms in total. The smallest absolute Gasteiger partial charge is 0.264 e. The highest BCUT2D eigenvalue weighted by atomic mass is 79.9. The molecule has 1 fully saturated rings. The van der Waals surface area contributed by atoms with Gasteiger partial charge in [0, 0.05) is 0 Å². The molecule has 3 rings (SSSR count). The zero-order chi connectivity index (χ0) is 21.7. The van der Waals surface area contributed by atoms with E-state index in [-0.39, 0.29) is 12.0 Å². The monoisotopic (exact) mass is 490 g/mol. The molecule has 0 unspecified atom stereocenters. The quantitative estimate of drug-likeness (QED) is 0.516. The Balaban J connectivity index is 1.85. The number of aliphatic imine (C=N–C) groups is 1. The van der Waals surface area contributed by atoms with Gasteiger partial charge < -0.3 is 19.5 Å². The van der Waals surface area contributed by atoms with Crippen molar-refractivity contribution in [3.63, 3.8) is 0 Å². The molecule has 0 bridgehead atoms. The van der Waals surface area contributed by atoms with Gasteiger partial charge in [0.05, 0.1) is 34.9 Å². The van der Waals surface area contributed by atoms with E-state index in [1.54, 1.807) is 7.11 Å². The first-order chi connectivity index (χ1) is 14.4. The van der Waals surface area contributed by atoms with Gasteiger partial charge in [-0.15, -0.1) is 0 Å². The molecule has 0 spiro atoms. The molecule has 1 amide bonds. The van der Waals surface area contributed by atoms with Gasteiger partial charge in [-0.05, 0) is 96.5 Å². The van der Waals surface area contributed by atoms with Crippen LogP contribution in [0.4, 0.5) is 5.69 Å². The van der Waals surface area contributed by atoms with Crippen LogP contribution >= 0.6 is 27.7 Å². The highest BCUT2D eigenvalue weighted by Gasteiger charge is 2.24. The summed E-state index contributed by atoms with van der Waals surface area (Å²) in [6.45, 7) is 6.34. The van der Waals surface area contributed by atoms with Gasteiger partial charge in [0.15, 0.2) is 16.7 Å². The molecule has 0 saturated carbocycles. The van der Waals surface area contributed by atoms with E-state index in [1.807, 2.05) is 63.2 Å². The molecule has 1 aliphatic heterocycles. The van der Waals surface area contributed by atoms with Crippen molar-refractivity contribution in [2.24, 2.45) is 4.99 Å². The number of thioether (sulfide) groups is 1. The van der Waals surface area contributed by atoms with Crippen molar-refractivity contribution in [2.75, 3.05) is 13.7 Å². The van der Waals surface area contributed by atoms with Crippen molar-refractivity contribution in [1.82, 2.24) is 5.32 Å². The Morgan fingerprint density at radius 1 is 1.23 bits per heavy atom. The van der Waals surface area contributed by atoms with Crippen LogP contribution in [-0.4, -0.2) is 30.9 Å². The van der Waals surface area contributed by atoms with Crippen LogP contribution in [0.5, 0.6) is 17.2 Å². The van der Waals surface area contributed by atoms with Crippen LogP contribution in [0.15, 0.2) is 50.8 Å². The molecule has 2 aromatic carbocycles. The predicted octanol–water partition coefficient (Wildman–Crippen LogP) is 5.54. The van der Waals surface area contributed by atoms with Gasteiger partial charge in [-0.2, -0.15) is 0 Å². The third-order valence-electron chi connectivity index (χ3n) is 3.94. The largest absolute Gasteiger partial charge is 0.497 e. The Morgan fingerprint density at radius 3 is 2.60 bits per heavy atom. The van der Waals surface area contributed by atoms with Crippen LogP contribution in [0.25, 0.3) is 6.08 Å². The molecule has 8 heteroatoms. The molecular formula is C22H23BrN2O4S. The number of rotatable bonds is 7. The number of amidine groups is 1. The van der Waals surface area contributed by atoms with E-state index in [2.05, 4.69) is 26.2 Å². The molecule has 1 heterocycles. The molecule has 1 aliphatic rings. The number of nitrogens with one attached hydrogen (secondary N) is 1. The van der Waals surface area contributed by atoms with Crippen LogP contribution in [0.3, 0.4) is 0 Å². The third-order valence-corrected chi connectivity index (χ3v) is 5.44. The maximum atomic E-state index is 12.4. The number of hydrogen-bond donors (Lipinski definition) is 1. The molecule has 1 saturated heterocycles. The van der Waals surface area contributed by atoms with Gasteiger partial charge >= 0.3 is 0 Å². The molecule has 0 aromatic heterocycles. The summed E-state index contributed by atoms with van der Waals surface area (Å²) < 4.78 is 17.5. The maximum Gasteiger partial charge on any atom is 0.264 e. The predicted molar refractivity (Wildman–Crippen MR) is 125 cm³/mol. The zero-order valence-electron chi connectivity index (χ0n) is 17.2. The summed E-state index contributed by atoms with van der Waals surface area (Å²) in [6, 6.07) is 11.1. The fraction of sp³-hybridized carbons (Fsp3) is 0.273. The summed E-state index contributed by atoms with van der Waals surface area (Å²) in [4.78, 5) is 17.5. The van der Waals surface area contributed by atoms with E-state index < -0.39 is 0 Å². The topological polar surface area (TPSA) is 69.2 Å². The Hall–Kier alpha value is -2.45. The number of hydrogen-bond acceptors (Lipinski definition) is 6. The number of benzene rings is 2. The first-order valence-electron chi connectivity index (χ1n) is 9.46. The van der Waals surface area contributed by atoms with Crippen LogP contribution in [0.1, 0.15) is 26.3 Å². The third kappa shape index (κ3) is 5.58. The van der Waals surface area contributed by atoms with E-state index in [9.17, 15) is 4.79 Å². The summed E-state index contributed by atoms with van der Waals surface area (Å²) in [5.74, 6) is 1.84. The fourth-order valence-electron chi connectivity index (χ4n) is 2.69. The highest BCUT2D eigenvalue weighted by molar-refractivity contribution is 9.10. The molecule has 158 valence electrons. The number of methoxy groups -OCH3 is 1. The number of amides is 1. The van der Waals surface area contributed by atoms with Crippen LogP contribution in [0, 0.1) is 0 Å². The van der Waals surface area contributed by atoms with Crippen molar-refractivity contribution < 1.29 is 19.0 Å². The van der Waals surface area contributed by atoms with Crippen LogP contribution in [-0.2, 0) is 4.79 Å². The summed E-state index contributed by atoms with van der Waals surface area (Å²) >= 11 is 4.84. The second-order valence-electron chi connectivity index (χ2n) is 6.61. The Bertz CT molecular complexity index is 987. The Kier molecular flexibility index (Phi) is 7.44. The number of halogens is 1. The van der Waals surface area contributed by atoms with Gasteiger partial charge in [-0.3, -0.25) is 4.79 Å². The average molecular weight is 491 g/mol. The second-order valence-corrected chi connectivity index (χ2v) is 8.49. The molecule has 0 aliphatic carbocycles. The zero-order valence-corrected chi connectivity index (χ0v) is 19.6. The fourth-order valence-corrected chi connectivity index (χ4v) is 4.09. The van der Waals surface area contributed by atoms with E-state index in [4.69, 9.17) is 14.2 Å². The van der Waals surface area contributed by atoms with Crippen LogP contribution < -0.4 is 19.5 Å². The van der Waals surface area contributed by atoms with Crippen molar-refractivity contribution in [3.05, 3.63) is 51.3 Å². The first-order valence-corrected chi connectivity index (χ1v) is 11.1. The summed E-state index contributed by atoms with van der Waals surface area (Å²) in [6.07, 6.45) is 1.82. The van der Waals surface area contributed by atoms with Crippen molar-refractivity contribution in [3.8, 4) is 17.2 Å². The van der Waals surface area contributed by atoms with Gasteiger partial charge in [-0.25, -0.2) is 4.99 Å². The Labute approximate surface area is 188 Å². The molecular weight excluding hydrogens is 468 g/mol. The second kappa shape index (κ2) is 10.0. The van der Waals surface area contributed by atoms with Gasteiger partial charge in [-0.1, -0.05) is 0 Å². The van der Waals surface area contributed by atoms with E-state index in [1.165, 1.54) is 11.8 Å². The number of ether oxygens (including phenoxy) is 3. The number of nitrogens with zero attached hydrogens (tertiary/aromatic N) is 1. The Morgan fingerprint density at radius 2 is 1.97 bits per heavy atom. The van der Waals surface area contributed by atoms with Gasteiger partial charge in [0.25, 0.3) is 5.91 Å². The van der Waals surface area contributed by atoms with Crippen molar-refractivity contribution in [1.29, 1.82) is 0 Å². The minimum Gasteiger partial charge on any atom is -0.497 e. The number of carbonyl (C=O) groups excluding carboxylic acids is 1. The van der Waals surface area contributed by atoms with E-state index >= 15 is 0 Å². The average Bonchev–Trinajstić information content (AvgIpc) is 3.04. The minimum atomic E-state index is -0.191.